The zero-order chi connectivity index (χ0) is 17.1. The lowest BCUT2D eigenvalue weighted by molar-refractivity contribution is 0.102. The monoisotopic (exact) mass is 346 g/mol. The summed E-state index contributed by atoms with van der Waals surface area (Å²) in [6, 6.07) is 5.06. The summed E-state index contributed by atoms with van der Waals surface area (Å²) in [5, 5.41) is 3.32. The standard InChI is InChI=1S/C17H19ClN4O2/c1-11-13(10-19-17(20-11)22-7-3-4-8-22)16(23)21-14-9-12(18)5-6-15(14)24-2/h5-6,9-10H,3-4,7-8H2,1-2H3,(H,21,23). The number of carbonyl (C=O) groups excluding carboxylic acids is 1. The van der Waals surface area contributed by atoms with E-state index in [0.717, 1.165) is 25.9 Å². The number of anilines is 2. The molecule has 0 bridgehead atoms. The van der Waals surface area contributed by atoms with Gasteiger partial charge in [-0.1, -0.05) is 11.6 Å². The van der Waals surface area contributed by atoms with Crippen LogP contribution >= 0.6 is 11.6 Å². The molecule has 24 heavy (non-hydrogen) atoms. The smallest absolute Gasteiger partial charge is 0.259 e. The van der Waals surface area contributed by atoms with E-state index in [0.29, 0.717) is 33.7 Å². The Balaban J connectivity index is 1.81. The number of aromatic nitrogens is 2. The van der Waals surface area contributed by atoms with Gasteiger partial charge in [0, 0.05) is 24.3 Å². The van der Waals surface area contributed by atoms with Crippen molar-refractivity contribution in [2.24, 2.45) is 0 Å². The van der Waals surface area contributed by atoms with E-state index in [4.69, 9.17) is 16.3 Å². The van der Waals surface area contributed by atoms with Crippen molar-refractivity contribution in [2.75, 3.05) is 30.4 Å². The summed E-state index contributed by atoms with van der Waals surface area (Å²) in [6.07, 6.45) is 3.88. The number of nitrogens with zero attached hydrogens (tertiary/aromatic N) is 3. The Morgan fingerprint density at radius 2 is 2.08 bits per heavy atom. The zero-order valence-electron chi connectivity index (χ0n) is 13.7. The predicted octanol–water partition coefficient (Wildman–Crippen LogP) is 3.30. The van der Waals surface area contributed by atoms with Crippen LogP contribution in [0.25, 0.3) is 0 Å². The molecule has 1 aromatic heterocycles. The largest absolute Gasteiger partial charge is 0.495 e. The topological polar surface area (TPSA) is 67.3 Å². The fraction of sp³-hybridized carbons (Fsp3) is 0.353. The summed E-state index contributed by atoms with van der Waals surface area (Å²) in [4.78, 5) is 23.5. The number of methoxy groups -OCH3 is 1. The molecule has 0 atom stereocenters. The van der Waals surface area contributed by atoms with Gasteiger partial charge in [-0.05, 0) is 38.0 Å². The van der Waals surface area contributed by atoms with Gasteiger partial charge >= 0.3 is 0 Å². The van der Waals surface area contributed by atoms with Crippen molar-refractivity contribution >= 4 is 29.1 Å². The van der Waals surface area contributed by atoms with Gasteiger partial charge in [-0.25, -0.2) is 9.97 Å². The van der Waals surface area contributed by atoms with Crippen molar-refractivity contribution in [3.8, 4) is 5.75 Å². The van der Waals surface area contributed by atoms with Gasteiger partial charge in [-0.2, -0.15) is 0 Å². The molecule has 7 heteroatoms. The highest BCUT2D eigenvalue weighted by molar-refractivity contribution is 6.31. The molecule has 126 valence electrons. The van der Waals surface area contributed by atoms with Crippen LogP contribution in [0.2, 0.25) is 5.02 Å². The van der Waals surface area contributed by atoms with E-state index < -0.39 is 0 Å². The molecule has 0 spiro atoms. The highest BCUT2D eigenvalue weighted by Gasteiger charge is 2.18. The predicted molar refractivity (Wildman–Crippen MR) is 94.2 cm³/mol. The summed E-state index contributed by atoms with van der Waals surface area (Å²) < 4.78 is 5.24. The van der Waals surface area contributed by atoms with E-state index in [-0.39, 0.29) is 5.91 Å². The third-order valence-electron chi connectivity index (χ3n) is 4.01. The molecule has 1 fully saturated rings. The molecule has 0 aliphatic carbocycles. The van der Waals surface area contributed by atoms with Crippen LogP contribution in [0.1, 0.15) is 28.9 Å². The molecule has 1 amide bonds. The molecule has 1 aromatic carbocycles. The molecule has 2 aromatic rings. The van der Waals surface area contributed by atoms with Gasteiger partial charge in [0.05, 0.1) is 24.1 Å². The minimum Gasteiger partial charge on any atom is -0.495 e. The van der Waals surface area contributed by atoms with Crippen LogP contribution in [0.5, 0.6) is 5.75 Å². The molecule has 0 unspecified atom stereocenters. The molecule has 0 saturated carbocycles. The van der Waals surface area contributed by atoms with Gasteiger partial charge in [0.1, 0.15) is 5.75 Å². The normalized spacial score (nSPS) is 13.9. The summed E-state index contributed by atoms with van der Waals surface area (Å²) >= 11 is 5.99. The maximum Gasteiger partial charge on any atom is 0.259 e. The second-order valence-corrected chi connectivity index (χ2v) is 6.10. The summed E-state index contributed by atoms with van der Waals surface area (Å²) in [5.74, 6) is 0.933. The fourth-order valence-electron chi connectivity index (χ4n) is 2.71. The van der Waals surface area contributed by atoms with Gasteiger partial charge in [0.25, 0.3) is 5.91 Å². The van der Waals surface area contributed by atoms with Crippen LogP contribution in [0, 0.1) is 6.92 Å². The van der Waals surface area contributed by atoms with Gasteiger partial charge < -0.3 is 15.0 Å². The number of halogens is 1. The average molecular weight is 347 g/mol. The summed E-state index contributed by atoms with van der Waals surface area (Å²) in [6.45, 7) is 3.74. The van der Waals surface area contributed by atoms with E-state index in [2.05, 4.69) is 20.2 Å². The van der Waals surface area contributed by atoms with Crippen molar-refractivity contribution < 1.29 is 9.53 Å². The Kier molecular flexibility index (Phi) is 4.85. The molecule has 1 saturated heterocycles. The van der Waals surface area contributed by atoms with Crippen molar-refractivity contribution in [3.05, 3.63) is 40.7 Å². The average Bonchev–Trinajstić information content (AvgIpc) is 3.09. The Morgan fingerprint density at radius 1 is 1.33 bits per heavy atom. The number of benzene rings is 1. The molecule has 2 heterocycles. The van der Waals surface area contributed by atoms with Crippen molar-refractivity contribution in [2.45, 2.75) is 19.8 Å². The molecule has 0 radical (unpaired) electrons. The Bertz CT molecular complexity index is 760. The third-order valence-corrected chi connectivity index (χ3v) is 4.24. The number of hydrogen-bond donors (Lipinski definition) is 1. The second kappa shape index (κ2) is 7.05. The minimum atomic E-state index is -0.291. The van der Waals surface area contributed by atoms with Gasteiger partial charge in [-0.3, -0.25) is 4.79 Å². The first-order chi connectivity index (χ1) is 11.6. The van der Waals surface area contributed by atoms with Crippen LogP contribution in [0.4, 0.5) is 11.6 Å². The summed E-state index contributed by atoms with van der Waals surface area (Å²) in [5.41, 5.74) is 1.59. The van der Waals surface area contributed by atoms with Crippen molar-refractivity contribution in [1.29, 1.82) is 0 Å². The zero-order valence-corrected chi connectivity index (χ0v) is 14.4. The van der Waals surface area contributed by atoms with Crippen LogP contribution in [0.3, 0.4) is 0 Å². The van der Waals surface area contributed by atoms with Crippen LogP contribution < -0.4 is 15.0 Å². The first-order valence-corrected chi connectivity index (χ1v) is 8.20. The van der Waals surface area contributed by atoms with E-state index in [1.54, 1.807) is 24.4 Å². The quantitative estimate of drug-likeness (QED) is 0.920. The minimum absolute atomic E-state index is 0.291. The number of rotatable bonds is 4. The van der Waals surface area contributed by atoms with Gasteiger partial charge in [0.2, 0.25) is 5.95 Å². The maximum atomic E-state index is 12.5. The number of carbonyl (C=O) groups is 1. The molecular weight excluding hydrogens is 328 g/mol. The molecule has 1 aliphatic rings. The van der Waals surface area contributed by atoms with E-state index in [1.807, 2.05) is 6.92 Å². The number of nitrogens with one attached hydrogen (secondary N) is 1. The molecular formula is C17H19ClN4O2. The second-order valence-electron chi connectivity index (χ2n) is 5.66. The SMILES string of the molecule is COc1ccc(Cl)cc1NC(=O)c1cnc(N2CCCC2)nc1C. The van der Waals surface area contributed by atoms with Gasteiger partial charge in [-0.15, -0.1) is 0 Å². The van der Waals surface area contributed by atoms with Crippen LogP contribution in [0.15, 0.2) is 24.4 Å². The number of aryl methyl sites for hydroxylation is 1. The van der Waals surface area contributed by atoms with E-state index >= 15 is 0 Å². The Hall–Kier alpha value is -2.34. The highest BCUT2D eigenvalue weighted by Crippen LogP contribution is 2.28. The molecule has 1 aliphatic heterocycles. The number of ether oxygens (including phenoxy) is 1. The first kappa shape index (κ1) is 16.5. The lowest BCUT2D eigenvalue weighted by Crippen LogP contribution is -2.22. The lowest BCUT2D eigenvalue weighted by atomic mass is 10.2. The Labute approximate surface area is 145 Å². The molecule has 3 rings (SSSR count). The van der Waals surface area contributed by atoms with E-state index in [1.165, 1.54) is 7.11 Å². The fourth-order valence-corrected chi connectivity index (χ4v) is 2.89. The number of hydrogen-bond acceptors (Lipinski definition) is 5. The van der Waals surface area contributed by atoms with Gasteiger partial charge in [0.15, 0.2) is 0 Å². The maximum absolute atomic E-state index is 12.5. The Morgan fingerprint density at radius 3 is 2.75 bits per heavy atom. The van der Waals surface area contributed by atoms with Crippen LogP contribution in [-0.2, 0) is 0 Å². The third kappa shape index (κ3) is 3.43. The lowest BCUT2D eigenvalue weighted by Gasteiger charge is -2.16. The molecule has 1 N–H and O–H groups in total. The summed E-state index contributed by atoms with van der Waals surface area (Å²) in [7, 11) is 1.54. The first-order valence-electron chi connectivity index (χ1n) is 7.82. The highest BCUT2D eigenvalue weighted by atomic mass is 35.5. The molecule has 6 nitrogen and oxygen atoms in total. The van der Waals surface area contributed by atoms with Crippen molar-refractivity contribution in [1.82, 2.24) is 9.97 Å². The number of amides is 1. The van der Waals surface area contributed by atoms with Crippen molar-refractivity contribution in [3.63, 3.8) is 0 Å². The van der Waals surface area contributed by atoms with E-state index in [9.17, 15) is 4.79 Å². The van der Waals surface area contributed by atoms with Crippen LogP contribution in [-0.4, -0.2) is 36.1 Å².